The van der Waals surface area contributed by atoms with Crippen molar-refractivity contribution < 1.29 is 22.5 Å². The van der Waals surface area contributed by atoms with Gasteiger partial charge in [-0.3, -0.25) is 9.89 Å². The normalized spacial score (nSPS) is 19.4. The molecule has 0 saturated carbocycles. The van der Waals surface area contributed by atoms with Gasteiger partial charge in [0.2, 0.25) is 0 Å². The topological polar surface area (TPSA) is 106 Å². The standard InChI is InChI=1S/C29H35F2N7O3S/c1-36-7-4-21(5-8-36)32-27-17-22(37-10-12-41-13-11-37)2-3-24(27)29(39)33-28-25-18-38(9-6-26(25)34-35-28)42(40)23-15-19(30)14-20(31)16-23/h2-3,14-17,21,32H,4-13,18H2,1H3,(H2,33,34,35,39). The van der Waals surface area contributed by atoms with Crippen LogP contribution in [0.4, 0.5) is 26.0 Å². The molecule has 2 saturated heterocycles. The molecule has 0 spiro atoms. The Morgan fingerprint density at radius 3 is 2.52 bits per heavy atom. The number of benzene rings is 2. The first-order valence-electron chi connectivity index (χ1n) is 14.3. The lowest BCUT2D eigenvalue weighted by Gasteiger charge is -2.32. The number of likely N-dealkylation sites (tertiary alicyclic amines) is 1. The fourth-order valence-electron chi connectivity index (χ4n) is 5.71. The number of ether oxygens (including phenoxy) is 1. The van der Waals surface area contributed by atoms with E-state index in [0.29, 0.717) is 43.1 Å². The van der Waals surface area contributed by atoms with Crippen molar-refractivity contribution in [1.82, 2.24) is 19.4 Å². The second kappa shape index (κ2) is 12.5. The van der Waals surface area contributed by atoms with E-state index in [4.69, 9.17) is 4.74 Å². The van der Waals surface area contributed by atoms with Gasteiger partial charge in [-0.1, -0.05) is 0 Å². The SMILES string of the molecule is CN1CCC(Nc2cc(N3CCOCC3)ccc2C(=O)Nc2n[nH]c3c2CN(S(=O)c2cc(F)cc(F)c2)CC3)CC1. The van der Waals surface area contributed by atoms with Gasteiger partial charge in [0.15, 0.2) is 5.82 Å². The average molecular weight is 600 g/mol. The predicted octanol–water partition coefficient (Wildman–Crippen LogP) is 3.36. The van der Waals surface area contributed by atoms with Crippen molar-refractivity contribution in [1.29, 1.82) is 0 Å². The number of piperidine rings is 1. The third kappa shape index (κ3) is 6.33. The monoisotopic (exact) mass is 599 g/mol. The van der Waals surface area contributed by atoms with Gasteiger partial charge in [-0.25, -0.2) is 17.3 Å². The molecular formula is C29H35F2N7O3S. The molecule has 3 N–H and O–H groups in total. The van der Waals surface area contributed by atoms with Crippen LogP contribution in [0.3, 0.4) is 0 Å². The number of halogens is 2. The maximum atomic E-state index is 13.8. The number of morpholine rings is 1. The lowest BCUT2D eigenvalue weighted by molar-refractivity contribution is 0.102. The van der Waals surface area contributed by atoms with Crippen LogP contribution in [0.1, 0.15) is 34.5 Å². The average Bonchev–Trinajstić information content (AvgIpc) is 3.39. The number of rotatable bonds is 7. The Morgan fingerprint density at radius 1 is 1.05 bits per heavy atom. The smallest absolute Gasteiger partial charge is 0.258 e. The number of hydrogen-bond donors (Lipinski definition) is 3. The first-order chi connectivity index (χ1) is 20.3. The Labute approximate surface area is 246 Å². The first-order valence-corrected chi connectivity index (χ1v) is 15.4. The van der Waals surface area contributed by atoms with Gasteiger partial charge in [-0.05, 0) is 63.3 Å². The van der Waals surface area contributed by atoms with E-state index in [1.165, 1.54) is 0 Å². The van der Waals surface area contributed by atoms with Crippen LogP contribution in [0.25, 0.3) is 0 Å². The second-order valence-electron chi connectivity index (χ2n) is 11.0. The largest absolute Gasteiger partial charge is 0.382 e. The summed E-state index contributed by atoms with van der Waals surface area (Å²) >= 11 is 0. The summed E-state index contributed by atoms with van der Waals surface area (Å²) in [5.41, 5.74) is 3.85. The zero-order valence-electron chi connectivity index (χ0n) is 23.5. The Kier molecular flexibility index (Phi) is 8.52. The van der Waals surface area contributed by atoms with Crippen LogP contribution in [0.15, 0.2) is 41.3 Å². The van der Waals surface area contributed by atoms with Crippen LogP contribution < -0.4 is 15.5 Å². The highest BCUT2D eigenvalue weighted by molar-refractivity contribution is 7.82. The van der Waals surface area contributed by atoms with Gasteiger partial charge in [0, 0.05) is 67.3 Å². The molecule has 0 aliphatic carbocycles. The number of nitrogens with one attached hydrogen (secondary N) is 3. The molecule has 6 rings (SSSR count). The summed E-state index contributed by atoms with van der Waals surface area (Å²) < 4.78 is 47.8. The zero-order chi connectivity index (χ0) is 29.2. The highest BCUT2D eigenvalue weighted by Gasteiger charge is 2.28. The minimum absolute atomic E-state index is 0.0509. The Bertz CT molecular complexity index is 1450. The van der Waals surface area contributed by atoms with E-state index in [9.17, 15) is 17.8 Å². The highest BCUT2D eigenvalue weighted by Crippen LogP contribution is 2.30. The van der Waals surface area contributed by atoms with E-state index in [-0.39, 0.29) is 23.4 Å². The number of carbonyl (C=O) groups excluding carboxylic acids is 1. The molecule has 0 bridgehead atoms. The molecule has 224 valence electrons. The summed E-state index contributed by atoms with van der Waals surface area (Å²) in [6.45, 7) is 5.49. The van der Waals surface area contributed by atoms with Crippen molar-refractivity contribution in [3.05, 3.63) is 64.9 Å². The van der Waals surface area contributed by atoms with Crippen molar-refractivity contribution in [2.45, 2.75) is 36.7 Å². The molecule has 2 aromatic carbocycles. The fraction of sp³-hybridized carbons (Fsp3) is 0.448. The van der Waals surface area contributed by atoms with Gasteiger partial charge in [0.1, 0.15) is 22.6 Å². The Morgan fingerprint density at radius 2 is 1.79 bits per heavy atom. The van der Waals surface area contributed by atoms with E-state index in [0.717, 1.165) is 74.3 Å². The summed E-state index contributed by atoms with van der Waals surface area (Å²) in [5, 5.41) is 13.9. The van der Waals surface area contributed by atoms with Gasteiger partial charge in [0.25, 0.3) is 5.91 Å². The van der Waals surface area contributed by atoms with Crippen LogP contribution in [0.2, 0.25) is 0 Å². The molecule has 3 aromatic rings. The quantitative estimate of drug-likeness (QED) is 0.383. The molecule has 42 heavy (non-hydrogen) atoms. The number of fused-ring (bicyclic) bond motifs is 1. The van der Waals surface area contributed by atoms with E-state index in [1.807, 2.05) is 18.2 Å². The fourth-order valence-corrected chi connectivity index (χ4v) is 6.94. The number of aromatic nitrogens is 2. The van der Waals surface area contributed by atoms with Crippen LogP contribution >= 0.6 is 0 Å². The third-order valence-electron chi connectivity index (χ3n) is 8.10. The van der Waals surface area contributed by atoms with Crippen molar-refractivity contribution in [2.75, 3.05) is 68.5 Å². The number of aromatic amines is 1. The molecular weight excluding hydrogens is 564 g/mol. The molecule has 1 atom stereocenters. The number of amides is 1. The summed E-state index contributed by atoms with van der Waals surface area (Å²) in [6.07, 6.45) is 2.46. The van der Waals surface area contributed by atoms with Crippen molar-refractivity contribution in [2.24, 2.45) is 0 Å². The van der Waals surface area contributed by atoms with Gasteiger partial charge in [0.05, 0.1) is 23.7 Å². The van der Waals surface area contributed by atoms with Crippen molar-refractivity contribution in [3.8, 4) is 0 Å². The Balaban J connectivity index is 1.22. The molecule has 1 amide bonds. The van der Waals surface area contributed by atoms with E-state index >= 15 is 0 Å². The lowest BCUT2D eigenvalue weighted by atomic mass is 10.0. The summed E-state index contributed by atoms with van der Waals surface area (Å²) in [7, 11) is 0.334. The molecule has 3 aliphatic heterocycles. The molecule has 0 radical (unpaired) electrons. The molecule has 1 unspecified atom stereocenters. The third-order valence-corrected chi connectivity index (χ3v) is 9.52. The molecule has 2 fully saturated rings. The number of carbonyl (C=O) groups is 1. The van der Waals surface area contributed by atoms with E-state index in [1.54, 1.807) is 4.31 Å². The van der Waals surface area contributed by atoms with E-state index in [2.05, 4.69) is 37.7 Å². The van der Waals surface area contributed by atoms with Crippen molar-refractivity contribution in [3.63, 3.8) is 0 Å². The van der Waals surface area contributed by atoms with Crippen LogP contribution in [-0.2, 0) is 28.7 Å². The van der Waals surface area contributed by atoms with Gasteiger partial charge in [-0.2, -0.15) is 5.10 Å². The predicted molar refractivity (Wildman–Crippen MR) is 157 cm³/mol. The molecule has 3 aliphatic rings. The number of nitrogens with zero attached hydrogens (tertiary/aromatic N) is 4. The van der Waals surface area contributed by atoms with Crippen molar-refractivity contribution >= 4 is 34.1 Å². The Hall–Kier alpha value is -3.39. The van der Waals surface area contributed by atoms with Crippen LogP contribution in [0, 0.1) is 11.6 Å². The van der Waals surface area contributed by atoms with Gasteiger partial charge >= 0.3 is 0 Å². The molecule has 4 heterocycles. The van der Waals surface area contributed by atoms with Gasteiger partial charge in [-0.15, -0.1) is 0 Å². The van der Waals surface area contributed by atoms with Crippen LogP contribution in [-0.4, -0.2) is 88.5 Å². The molecule has 1 aromatic heterocycles. The molecule has 13 heteroatoms. The minimum atomic E-state index is -1.78. The number of H-pyrrole nitrogens is 1. The highest BCUT2D eigenvalue weighted by atomic mass is 32.2. The van der Waals surface area contributed by atoms with Gasteiger partial charge < -0.3 is 25.2 Å². The summed E-state index contributed by atoms with van der Waals surface area (Å²) in [4.78, 5) is 18.3. The summed E-state index contributed by atoms with van der Waals surface area (Å²) in [5.74, 6) is -1.52. The minimum Gasteiger partial charge on any atom is -0.382 e. The molecule has 10 nitrogen and oxygen atoms in total. The number of anilines is 3. The number of hydrogen-bond acceptors (Lipinski definition) is 7. The lowest BCUT2D eigenvalue weighted by Crippen LogP contribution is -2.38. The van der Waals surface area contributed by atoms with E-state index < -0.39 is 22.6 Å². The maximum absolute atomic E-state index is 13.8. The second-order valence-corrected chi connectivity index (χ2v) is 12.5. The first kappa shape index (κ1) is 28.7. The maximum Gasteiger partial charge on any atom is 0.258 e. The summed E-state index contributed by atoms with van der Waals surface area (Å²) in [6, 6.07) is 9.00. The van der Waals surface area contributed by atoms with Crippen LogP contribution in [0.5, 0.6) is 0 Å². The zero-order valence-corrected chi connectivity index (χ0v) is 24.3.